The van der Waals surface area contributed by atoms with Crippen LogP contribution in [0.1, 0.15) is 24.8 Å². The summed E-state index contributed by atoms with van der Waals surface area (Å²) in [7, 11) is 0. The molecular formula is C17H23BrN2O3. The molecule has 0 unspecified atom stereocenters. The van der Waals surface area contributed by atoms with Crippen molar-refractivity contribution < 1.29 is 14.3 Å². The molecule has 2 aliphatic rings. The molecule has 6 heteroatoms. The minimum Gasteiger partial charge on any atom is -0.384 e. The van der Waals surface area contributed by atoms with Gasteiger partial charge in [0, 0.05) is 49.1 Å². The maximum atomic E-state index is 12.3. The van der Waals surface area contributed by atoms with Gasteiger partial charge >= 0.3 is 0 Å². The van der Waals surface area contributed by atoms with Gasteiger partial charge in [0.25, 0.3) is 0 Å². The molecule has 5 nitrogen and oxygen atoms in total. The normalized spacial score (nSPS) is 20.0. The van der Waals surface area contributed by atoms with Gasteiger partial charge < -0.3 is 19.7 Å². The molecule has 0 saturated carbocycles. The van der Waals surface area contributed by atoms with Gasteiger partial charge in [-0.3, -0.25) is 4.79 Å². The van der Waals surface area contributed by atoms with Gasteiger partial charge in [-0.25, -0.2) is 0 Å². The summed E-state index contributed by atoms with van der Waals surface area (Å²) in [5.74, 6) is -0.222. The van der Waals surface area contributed by atoms with Crippen LogP contribution in [0.2, 0.25) is 0 Å². The van der Waals surface area contributed by atoms with E-state index in [0.717, 1.165) is 36.1 Å². The third-order valence-corrected chi connectivity index (χ3v) is 5.39. The quantitative estimate of drug-likeness (QED) is 0.869. The number of piperidine rings is 1. The lowest BCUT2D eigenvalue weighted by Crippen LogP contribution is -2.47. The Morgan fingerprint density at radius 2 is 2.00 bits per heavy atom. The van der Waals surface area contributed by atoms with Crippen LogP contribution in [0, 0.1) is 6.92 Å². The Hall–Kier alpha value is -1.11. The minimum atomic E-state index is -0.413. The molecule has 0 radical (unpaired) electrons. The summed E-state index contributed by atoms with van der Waals surface area (Å²) < 4.78 is 12.5. The van der Waals surface area contributed by atoms with Crippen LogP contribution in [0.4, 0.5) is 5.69 Å². The number of hydrogen-bond acceptors (Lipinski definition) is 4. The van der Waals surface area contributed by atoms with Crippen molar-refractivity contribution in [1.29, 1.82) is 0 Å². The third-order valence-electron chi connectivity index (χ3n) is 4.53. The second-order valence-electron chi connectivity index (χ2n) is 6.13. The van der Waals surface area contributed by atoms with Crippen LogP contribution in [-0.2, 0) is 14.3 Å². The first-order valence-corrected chi connectivity index (χ1v) is 8.93. The van der Waals surface area contributed by atoms with Crippen LogP contribution in [0.3, 0.4) is 0 Å². The Morgan fingerprint density at radius 3 is 2.65 bits per heavy atom. The van der Waals surface area contributed by atoms with Crippen molar-refractivity contribution in [2.75, 3.05) is 38.2 Å². The second-order valence-corrected chi connectivity index (χ2v) is 6.98. The van der Waals surface area contributed by atoms with E-state index in [2.05, 4.69) is 34.2 Å². The van der Waals surface area contributed by atoms with Gasteiger partial charge in [0.05, 0.1) is 13.2 Å². The molecule has 2 saturated heterocycles. The Morgan fingerprint density at radius 1 is 1.30 bits per heavy atom. The molecule has 0 bridgehead atoms. The summed E-state index contributed by atoms with van der Waals surface area (Å²) >= 11 is 3.52. The summed E-state index contributed by atoms with van der Waals surface area (Å²) in [6.07, 6.45) is 2.05. The van der Waals surface area contributed by atoms with E-state index in [0.29, 0.717) is 26.2 Å². The number of rotatable bonds is 4. The molecule has 1 aromatic carbocycles. The van der Waals surface area contributed by atoms with E-state index >= 15 is 0 Å². The van der Waals surface area contributed by atoms with Crippen LogP contribution < -0.4 is 5.32 Å². The predicted octanol–water partition coefficient (Wildman–Crippen LogP) is 2.93. The molecule has 0 atom stereocenters. The number of nitrogens with zero attached hydrogens (tertiary/aromatic N) is 1. The van der Waals surface area contributed by atoms with Gasteiger partial charge in [-0.1, -0.05) is 22.0 Å². The highest BCUT2D eigenvalue weighted by atomic mass is 79.9. The topological polar surface area (TPSA) is 50.8 Å². The average Bonchev–Trinajstić information content (AvgIpc) is 2.99. The lowest BCUT2D eigenvalue weighted by Gasteiger charge is -2.37. The highest BCUT2D eigenvalue weighted by Crippen LogP contribution is 2.31. The molecular weight excluding hydrogens is 360 g/mol. The summed E-state index contributed by atoms with van der Waals surface area (Å²) in [6, 6.07) is 6.13. The molecule has 3 rings (SSSR count). The van der Waals surface area contributed by atoms with Gasteiger partial charge in [-0.05, 0) is 24.6 Å². The highest BCUT2D eigenvalue weighted by Gasteiger charge is 2.40. The summed E-state index contributed by atoms with van der Waals surface area (Å²) in [5.41, 5.74) is 2.23. The predicted molar refractivity (Wildman–Crippen MR) is 92.4 cm³/mol. The molecule has 23 heavy (non-hydrogen) atoms. The summed E-state index contributed by atoms with van der Waals surface area (Å²) in [4.78, 5) is 14.2. The average molecular weight is 383 g/mol. The number of benzene rings is 1. The molecule has 1 aromatic rings. The van der Waals surface area contributed by atoms with Crippen LogP contribution in [-0.4, -0.2) is 49.4 Å². The number of ether oxygens (including phenoxy) is 2. The minimum absolute atomic E-state index is 0.191. The van der Waals surface area contributed by atoms with Crippen LogP contribution >= 0.6 is 15.9 Å². The molecule has 2 aliphatic heterocycles. The van der Waals surface area contributed by atoms with Crippen molar-refractivity contribution in [3.05, 3.63) is 28.2 Å². The molecule has 1 amide bonds. The fourth-order valence-electron chi connectivity index (χ4n) is 3.06. The number of anilines is 1. The molecule has 126 valence electrons. The molecule has 2 heterocycles. The fraction of sp³-hybridized carbons (Fsp3) is 0.588. The van der Waals surface area contributed by atoms with E-state index in [1.807, 2.05) is 17.0 Å². The van der Waals surface area contributed by atoms with Gasteiger partial charge in [0.15, 0.2) is 5.79 Å². The Kier molecular flexibility index (Phi) is 5.24. The fourth-order valence-corrected chi connectivity index (χ4v) is 3.44. The van der Waals surface area contributed by atoms with Gasteiger partial charge in [-0.2, -0.15) is 0 Å². The first kappa shape index (κ1) is 16.7. The zero-order valence-corrected chi connectivity index (χ0v) is 15.0. The highest BCUT2D eigenvalue weighted by molar-refractivity contribution is 9.10. The molecule has 1 spiro atoms. The Labute approximate surface area is 145 Å². The number of carbonyl (C=O) groups is 1. The van der Waals surface area contributed by atoms with Crippen LogP contribution in [0.25, 0.3) is 0 Å². The first-order chi connectivity index (χ1) is 11.1. The first-order valence-electron chi connectivity index (χ1n) is 8.14. The summed E-state index contributed by atoms with van der Waals surface area (Å²) in [6.45, 7) is 5.47. The number of amides is 1. The van der Waals surface area contributed by atoms with Crippen molar-refractivity contribution in [1.82, 2.24) is 4.90 Å². The zero-order valence-electron chi connectivity index (χ0n) is 13.4. The second kappa shape index (κ2) is 7.20. The number of nitrogens with one attached hydrogen (secondary N) is 1. The van der Waals surface area contributed by atoms with Crippen molar-refractivity contribution in [3.63, 3.8) is 0 Å². The molecule has 2 fully saturated rings. The zero-order chi connectivity index (χ0) is 16.3. The number of aryl methyl sites for hydroxylation is 1. The summed E-state index contributed by atoms with van der Waals surface area (Å²) in [5, 5.41) is 3.30. The van der Waals surface area contributed by atoms with Gasteiger partial charge in [-0.15, -0.1) is 0 Å². The maximum absolute atomic E-state index is 12.3. The van der Waals surface area contributed by atoms with Crippen molar-refractivity contribution >= 4 is 27.5 Å². The molecule has 0 aliphatic carbocycles. The third kappa shape index (κ3) is 4.05. The van der Waals surface area contributed by atoms with Crippen molar-refractivity contribution in [2.45, 2.75) is 32.0 Å². The van der Waals surface area contributed by atoms with E-state index in [1.54, 1.807) is 0 Å². The van der Waals surface area contributed by atoms with Crippen molar-refractivity contribution in [3.8, 4) is 0 Å². The lowest BCUT2D eigenvalue weighted by atomic mass is 10.0. The SMILES string of the molecule is Cc1ccc(NCCC(=O)N2CCC3(CC2)OCCO3)cc1Br. The maximum Gasteiger partial charge on any atom is 0.224 e. The monoisotopic (exact) mass is 382 g/mol. The van der Waals surface area contributed by atoms with E-state index in [-0.39, 0.29) is 5.91 Å². The smallest absolute Gasteiger partial charge is 0.224 e. The Balaban J connectivity index is 1.42. The number of hydrogen-bond donors (Lipinski definition) is 1. The van der Waals surface area contributed by atoms with Crippen molar-refractivity contribution in [2.24, 2.45) is 0 Å². The van der Waals surface area contributed by atoms with E-state index in [4.69, 9.17) is 9.47 Å². The largest absolute Gasteiger partial charge is 0.384 e. The van der Waals surface area contributed by atoms with Gasteiger partial charge in [0.2, 0.25) is 5.91 Å². The number of halogens is 1. The standard InChI is InChI=1S/C17H23BrN2O3/c1-13-2-3-14(12-15(13)18)19-7-4-16(21)20-8-5-17(6-9-20)22-10-11-23-17/h2-3,12,19H,4-11H2,1H3. The lowest BCUT2D eigenvalue weighted by molar-refractivity contribution is -0.187. The number of likely N-dealkylation sites (tertiary alicyclic amines) is 1. The molecule has 0 aromatic heterocycles. The van der Waals surface area contributed by atoms with E-state index < -0.39 is 5.79 Å². The molecule has 1 N–H and O–H groups in total. The van der Waals surface area contributed by atoms with E-state index in [1.165, 1.54) is 5.56 Å². The Bertz CT molecular complexity index is 563. The van der Waals surface area contributed by atoms with Crippen LogP contribution in [0.5, 0.6) is 0 Å². The van der Waals surface area contributed by atoms with Crippen LogP contribution in [0.15, 0.2) is 22.7 Å². The van der Waals surface area contributed by atoms with Gasteiger partial charge in [0.1, 0.15) is 0 Å². The number of carbonyl (C=O) groups excluding carboxylic acids is 1. The van der Waals surface area contributed by atoms with E-state index in [9.17, 15) is 4.79 Å².